The van der Waals surface area contributed by atoms with Gasteiger partial charge in [-0.05, 0) is 27.2 Å². The van der Waals surface area contributed by atoms with Crippen LogP contribution >= 0.6 is 0 Å². The molecule has 0 aliphatic heterocycles. The maximum atomic E-state index is 12.6. The lowest BCUT2D eigenvalue weighted by Gasteiger charge is -2.28. The summed E-state index contributed by atoms with van der Waals surface area (Å²) in [6, 6.07) is 0.392. The van der Waals surface area contributed by atoms with Gasteiger partial charge in [0, 0.05) is 32.5 Å². The van der Waals surface area contributed by atoms with Crippen LogP contribution in [-0.2, 0) is 18.0 Å². The fraction of sp³-hybridized carbons (Fsp3) is 1.00. The molecule has 21 heavy (non-hydrogen) atoms. The van der Waals surface area contributed by atoms with Crippen LogP contribution in [0.1, 0.15) is 27.2 Å². The van der Waals surface area contributed by atoms with Gasteiger partial charge in [0.2, 0.25) is 0 Å². The maximum Gasteiger partial charge on any atom is 0.501 e. The summed E-state index contributed by atoms with van der Waals surface area (Å²) in [7, 11) is -2.83. The smallest absolute Gasteiger partial charge is 0.375 e. The van der Waals surface area contributed by atoms with Crippen molar-refractivity contribution < 1.29 is 35.6 Å². The summed E-state index contributed by atoms with van der Waals surface area (Å²) >= 11 is 0. The molecule has 0 aromatic carbocycles. The molecule has 0 aromatic heterocycles. The molecule has 0 amide bonds. The van der Waals surface area contributed by atoms with Crippen molar-refractivity contribution in [1.82, 2.24) is 0 Å². The largest absolute Gasteiger partial charge is 0.501 e. The van der Waals surface area contributed by atoms with Gasteiger partial charge in [-0.1, -0.05) is 0 Å². The molecule has 4 nitrogen and oxygen atoms in total. The second kappa shape index (κ2) is 10.5. The first-order chi connectivity index (χ1) is 9.83. The first kappa shape index (κ1) is 20.8. The van der Waals surface area contributed by atoms with Crippen LogP contribution in [0.3, 0.4) is 0 Å². The maximum absolute atomic E-state index is 12.6. The van der Waals surface area contributed by atoms with E-state index in [9.17, 15) is 17.6 Å². The Balaban J connectivity index is 4.19. The first-order valence-corrected chi connectivity index (χ1v) is 8.92. The molecule has 128 valence electrons. The van der Waals surface area contributed by atoms with E-state index >= 15 is 0 Å². The van der Waals surface area contributed by atoms with Crippen LogP contribution in [0.5, 0.6) is 0 Å². The Morgan fingerprint density at radius 3 is 1.81 bits per heavy atom. The number of hydrogen-bond donors (Lipinski definition) is 0. The van der Waals surface area contributed by atoms with Crippen LogP contribution in [0.2, 0.25) is 6.04 Å². The lowest BCUT2D eigenvalue weighted by Crippen LogP contribution is -2.46. The van der Waals surface area contributed by atoms with Gasteiger partial charge in [-0.2, -0.15) is 8.78 Å². The summed E-state index contributed by atoms with van der Waals surface area (Å²) in [4.78, 5) is 0. The molecule has 0 saturated carbocycles. The predicted octanol–water partition coefficient (Wildman–Crippen LogP) is 3.34. The topological polar surface area (TPSA) is 36.9 Å². The van der Waals surface area contributed by atoms with Crippen LogP contribution in [0.15, 0.2) is 0 Å². The van der Waals surface area contributed by atoms with E-state index in [1.54, 1.807) is 20.8 Å². The van der Waals surface area contributed by atoms with Crippen molar-refractivity contribution in [2.75, 3.05) is 33.0 Å². The van der Waals surface area contributed by atoms with Crippen molar-refractivity contribution in [1.29, 1.82) is 0 Å². The van der Waals surface area contributed by atoms with E-state index in [4.69, 9.17) is 13.3 Å². The second-order valence-electron chi connectivity index (χ2n) is 4.20. The molecule has 0 bridgehead atoms. The van der Waals surface area contributed by atoms with E-state index in [0.717, 1.165) is 0 Å². The van der Waals surface area contributed by atoms with E-state index in [2.05, 4.69) is 4.74 Å². The third-order valence-electron chi connectivity index (χ3n) is 2.48. The van der Waals surface area contributed by atoms with Gasteiger partial charge in [0.05, 0.1) is 0 Å². The Morgan fingerprint density at radius 2 is 1.43 bits per heavy atom. The van der Waals surface area contributed by atoms with Gasteiger partial charge >= 0.3 is 21.2 Å². The van der Waals surface area contributed by atoms with Crippen molar-refractivity contribution in [3.8, 4) is 0 Å². The summed E-state index contributed by atoms with van der Waals surface area (Å²) in [6.45, 7) is 5.28. The van der Waals surface area contributed by atoms with Crippen molar-refractivity contribution >= 4 is 8.80 Å². The highest BCUT2D eigenvalue weighted by molar-refractivity contribution is 6.60. The fourth-order valence-electron chi connectivity index (χ4n) is 1.66. The third kappa shape index (κ3) is 8.10. The van der Waals surface area contributed by atoms with Crippen molar-refractivity contribution in [3.63, 3.8) is 0 Å². The zero-order valence-electron chi connectivity index (χ0n) is 12.7. The van der Waals surface area contributed by atoms with Gasteiger partial charge in [0.15, 0.2) is 0 Å². The van der Waals surface area contributed by atoms with Crippen LogP contribution < -0.4 is 0 Å². The zero-order valence-corrected chi connectivity index (χ0v) is 13.7. The summed E-state index contributed by atoms with van der Waals surface area (Å²) in [5.74, 6) is -4.12. The Morgan fingerprint density at radius 1 is 0.952 bits per heavy atom. The third-order valence-corrected chi connectivity index (χ3v) is 5.63. The minimum atomic E-state index is -4.12. The predicted molar refractivity (Wildman–Crippen MR) is 71.8 cm³/mol. The van der Waals surface area contributed by atoms with Crippen LogP contribution in [0.4, 0.5) is 17.6 Å². The van der Waals surface area contributed by atoms with E-state index in [0.29, 0.717) is 32.3 Å². The molecule has 0 spiro atoms. The van der Waals surface area contributed by atoms with E-state index in [1.807, 2.05) is 0 Å². The van der Waals surface area contributed by atoms with Gasteiger partial charge in [0.25, 0.3) is 0 Å². The lowest BCUT2D eigenvalue weighted by molar-refractivity contribution is -0.165. The van der Waals surface area contributed by atoms with E-state index < -0.39 is 27.8 Å². The molecule has 0 aliphatic rings. The van der Waals surface area contributed by atoms with Crippen molar-refractivity contribution in [2.45, 2.75) is 45.6 Å². The number of ether oxygens (including phenoxy) is 1. The highest BCUT2D eigenvalue weighted by Gasteiger charge is 2.42. The Labute approximate surface area is 124 Å². The Hall–Kier alpha value is -0.223. The molecule has 0 N–H and O–H groups in total. The number of halogens is 4. The normalized spacial score (nSPS) is 13.1. The minimum absolute atomic E-state index is 0.0791. The molecule has 0 unspecified atom stereocenters. The Bertz CT molecular complexity index is 253. The van der Waals surface area contributed by atoms with Gasteiger partial charge in [-0.25, -0.2) is 8.78 Å². The lowest BCUT2D eigenvalue weighted by atomic mass is 10.4. The summed E-state index contributed by atoms with van der Waals surface area (Å²) in [6.07, 6.45) is -3.38. The van der Waals surface area contributed by atoms with Crippen LogP contribution in [0.25, 0.3) is 0 Å². The molecule has 0 heterocycles. The quantitative estimate of drug-likeness (QED) is 0.294. The molecule has 0 rings (SSSR count). The van der Waals surface area contributed by atoms with Gasteiger partial charge in [-0.15, -0.1) is 0 Å². The standard InChI is InChI=1S/C12H24F4O4Si/c1-4-18-21(19-5-2,20-6-3)9-7-8-17-10-12(15,16)11(13)14/h11H,4-10H2,1-3H3. The molecular weight excluding hydrogens is 312 g/mol. The van der Waals surface area contributed by atoms with E-state index in [-0.39, 0.29) is 6.61 Å². The molecule has 0 saturated heterocycles. The SMILES string of the molecule is CCO[Si](CCCOCC(F)(F)C(F)F)(OCC)OCC. The Kier molecular flexibility index (Phi) is 10.4. The average molecular weight is 336 g/mol. The molecule has 0 aromatic rings. The summed E-state index contributed by atoms with van der Waals surface area (Å²) in [5.41, 5.74) is 0. The highest BCUT2D eigenvalue weighted by Crippen LogP contribution is 2.23. The molecule has 0 aliphatic carbocycles. The minimum Gasteiger partial charge on any atom is -0.375 e. The molecular formula is C12H24F4O4Si. The second-order valence-corrected chi connectivity index (χ2v) is 6.93. The number of alkyl halides is 4. The van der Waals surface area contributed by atoms with Gasteiger partial charge in [0.1, 0.15) is 6.61 Å². The number of rotatable bonds is 13. The highest BCUT2D eigenvalue weighted by atomic mass is 28.4. The molecule has 0 fully saturated rings. The molecule has 0 radical (unpaired) electrons. The fourth-order valence-corrected chi connectivity index (χ4v) is 4.24. The molecule has 0 atom stereocenters. The average Bonchev–Trinajstić information content (AvgIpc) is 2.39. The van der Waals surface area contributed by atoms with Gasteiger partial charge in [-0.3, -0.25) is 0 Å². The number of hydrogen-bond acceptors (Lipinski definition) is 4. The van der Waals surface area contributed by atoms with Crippen molar-refractivity contribution in [3.05, 3.63) is 0 Å². The monoisotopic (exact) mass is 336 g/mol. The summed E-state index contributed by atoms with van der Waals surface area (Å²) < 4.78 is 70.4. The first-order valence-electron chi connectivity index (χ1n) is 6.99. The van der Waals surface area contributed by atoms with E-state index in [1.165, 1.54) is 0 Å². The van der Waals surface area contributed by atoms with Gasteiger partial charge < -0.3 is 18.0 Å². The summed E-state index contributed by atoms with van der Waals surface area (Å²) in [5, 5.41) is 0. The van der Waals surface area contributed by atoms with Crippen LogP contribution in [-0.4, -0.2) is 54.2 Å². The molecule has 9 heteroatoms. The van der Waals surface area contributed by atoms with Crippen molar-refractivity contribution in [2.24, 2.45) is 0 Å². The van der Waals surface area contributed by atoms with Crippen LogP contribution in [0, 0.1) is 0 Å². The zero-order chi connectivity index (χ0) is 16.4.